The van der Waals surface area contributed by atoms with Crippen LogP contribution in [0.2, 0.25) is 0 Å². The number of ether oxygens (including phenoxy) is 1. The van der Waals surface area contributed by atoms with Gasteiger partial charge in [0, 0.05) is 11.1 Å². The summed E-state index contributed by atoms with van der Waals surface area (Å²) in [5.41, 5.74) is 3.31. The summed E-state index contributed by atoms with van der Waals surface area (Å²) in [5, 5.41) is 4.13. The highest BCUT2D eigenvalue weighted by molar-refractivity contribution is 6.03. The third-order valence-corrected chi connectivity index (χ3v) is 5.58. The fraction of sp³-hybridized carbons (Fsp3) is 0.138. The minimum absolute atomic E-state index is 0.00795. The molecule has 4 rings (SSSR count). The van der Waals surface area contributed by atoms with E-state index < -0.39 is 0 Å². The zero-order chi connectivity index (χ0) is 24.6. The van der Waals surface area contributed by atoms with Crippen LogP contribution < -0.4 is 9.64 Å². The van der Waals surface area contributed by atoms with Crippen molar-refractivity contribution in [2.75, 3.05) is 25.1 Å². The Morgan fingerprint density at radius 3 is 1.89 bits per heavy atom. The summed E-state index contributed by atoms with van der Waals surface area (Å²) in [5.74, 6) is 1.04. The molecule has 3 aromatic carbocycles. The van der Waals surface area contributed by atoms with Gasteiger partial charge in [0.15, 0.2) is 17.3 Å². The number of carbonyl (C=O) groups is 2. The highest BCUT2D eigenvalue weighted by Gasteiger charge is 2.24. The summed E-state index contributed by atoms with van der Waals surface area (Å²) < 4.78 is 10.8. The number of rotatable bonds is 10. The molecule has 6 heteroatoms. The lowest BCUT2D eigenvalue weighted by Crippen LogP contribution is -2.35. The predicted molar refractivity (Wildman–Crippen MR) is 137 cm³/mol. The molecule has 0 radical (unpaired) electrons. The topological polar surface area (TPSA) is 72.6 Å². The van der Waals surface area contributed by atoms with E-state index in [9.17, 15) is 9.59 Å². The van der Waals surface area contributed by atoms with Crippen molar-refractivity contribution in [1.29, 1.82) is 0 Å². The van der Waals surface area contributed by atoms with Crippen LogP contribution in [0.15, 0.2) is 89.5 Å². The summed E-state index contributed by atoms with van der Waals surface area (Å²) in [6, 6.07) is 25.7. The number of hydrogen-bond acceptors (Lipinski definition) is 6. The maximum Gasteiger partial charge on any atom is 0.183 e. The van der Waals surface area contributed by atoms with E-state index in [0.29, 0.717) is 28.3 Å². The van der Waals surface area contributed by atoms with E-state index in [0.717, 1.165) is 11.3 Å². The lowest BCUT2D eigenvalue weighted by atomic mass is 10.1. The second kappa shape index (κ2) is 11.1. The monoisotopic (exact) mass is 466 g/mol. The van der Waals surface area contributed by atoms with Crippen molar-refractivity contribution in [3.8, 4) is 5.75 Å². The van der Waals surface area contributed by atoms with Crippen molar-refractivity contribution >= 4 is 29.4 Å². The van der Waals surface area contributed by atoms with Crippen LogP contribution in [-0.4, -0.2) is 36.9 Å². The van der Waals surface area contributed by atoms with E-state index in [1.807, 2.05) is 66.7 Å². The Kier molecular flexibility index (Phi) is 7.53. The van der Waals surface area contributed by atoms with Crippen molar-refractivity contribution in [1.82, 2.24) is 5.16 Å². The number of hydrogen-bond donors (Lipinski definition) is 0. The number of carbonyl (C=O) groups excluding carboxylic acids is 2. The first-order chi connectivity index (χ1) is 17.0. The Hall–Kier alpha value is -4.45. The average Bonchev–Trinajstić information content (AvgIpc) is 3.28. The van der Waals surface area contributed by atoms with Gasteiger partial charge in [0.05, 0.1) is 20.2 Å². The Balaban J connectivity index is 1.65. The van der Waals surface area contributed by atoms with E-state index in [-0.39, 0.29) is 24.7 Å². The lowest BCUT2D eigenvalue weighted by Gasteiger charge is -2.23. The quantitative estimate of drug-likeness (QED) is 0.278. The number of aromatic nitrogens is 1. The molecule has 0 aliphatic carbocycles. The van der Waals surface area contributed by atoms with Crippen LogP contribution in [0.4, 0.5) is 5.69 Å². The second-order valence-electron chi connectivity index (χ2n) is 8.02. The molecule has 0 aliphatic heterocycles. The standard InChI is InChI=1S/C29H26N2O4/c1-21-29(28(35-30-21)18-15-22-13-16-25(34-2)17-14-22)31(19-26(32)23-9-5-3-6-10-23)20-27(33)24-11-7-4-8-12-24/h3-18H,19-20H2,1-2H3/b18-15+. The molecule has 0 aliphatic rings. The molecule has 1 heterocycles. The summed E-state index contributed by atoms with van der Waals surface area (Å²) in [4.78, 5) is 27.9. The van der Waals surface area contributed by atoms with E-state index in [2.05, 4.69) is 5.16 Å². The van der Waals surface area contributed by atoms with Gasteiger partial charge in [-0.25, -0.2) is 0 Å². The molecular weight excluding hydrogens is 440 g/mol. The van der Waals surface area contributed by atoms with Crippen LogP contribution in [0.1, 0.15) is 37.7 Å². The molecule has 0 saturated heterocycles. The number of nitrogens with zero attached hydrogens (tertiary/aromatic N) is 2. The Morgan fingerprint density at radius 2 is 1.37 bits per heavy atom. The molecule has 0 unspecified atom stereocenters. The molecule has 1 aromatic heterocycles. The smallest absolute Gasteiger partial charge is 0.183 e. The molecule has 176 valence electrons. The van der Waals surface area contributed by atoms with Crippen LogP contribution in [0.25, 0.3) is 12.2 Å². The first-order valence-corrected chi connectivity index (χ1v) is 11.2. The molecule has 0 amide bonds. The zero-order valence-electron chi connectivity index (χ0n) is 19.7. The number of Topliss-reactive ketones (excluding diaryl/α,β-unsaturated/α-hetero) is 2. The Bertz CT molecular complexity index is 1260. The molecule has 0 fully saturated rings. The molecule has 0 saturated carbocycles. The maximum absolute atomic E-state index is 13.1. The van der Waals surface area contributed by atoms with Crippen molar-refractivity contribution in [3.63, 3.8) is 0 Å². The summed E-state index contributed by atoms with van der Waals surface area (Å²) in [6.45, 7) is 1.82. The summed E-state index contributed by atoms with van der Waals surface area (Å²) in [7, 11) is 1.62. The first-order valence-electron chi connectivity index (χ1n) is 11.2. The fourth-order valence-corrected chi connectivity index (χ4v) is 3.75. The SMILES string of the molecule is COc1ccc(/C=C/c2onc(C)c2N(CC(=O)c2ccccc2)CC(=O)c2ccccc2)cc1. The van der Waals surface area contributed by atoms with E-state index in [1.54, 1.807) is 49.3 Å². The summed E-state index contributed by atoms with van der Waals surface area (Å²) >= 11 is 0. The second-order valence-corrected chi connectivity index (χ2v) is 8.02. The Labute approximate surface area is 204 Å². The minimum Gasteiger partial charge on any atom is -0.497 e. The van der Waals surface area contributed by atoms with E-state index in [1.165, 1.54) is 0 Å². The van der Waals surface area contributed by atoms with Gasteiger partial charge >= 0.3 is 0 Å². The van der Waals surface area contributed by atoms with Crippen molar-refractivity contribution in [2.24, 2.45) is 0 Å². The number of ketones is 2. The Morgan fingerprint density at radius 1 is 0.829 bits per heavy atom. The predicted octanol–water partition coefficient (Wildman–Crippen LogP) is 5.73. The van der Waals surface area contributed by atoms with Gasteiger partial charge in [0.1, 0.15) is 17.1 Å². The van der Waals surface area contributed by atoms with Crippen molar-refractivity contribution in [2.45, 2.75) is 6.92 Å². The number of benzene rings is 3. The van der Waals surface area contributed by atoms with E-state index in [4.69, 9.17) is 9.26 Å². The molecule has 6 nitrogen and oxygen atoms in total. The van der Waals surface area contributed by atoms with Crippen molar-refractivity contribution in [3.05, 3.63) is 113 Å². The molecule has 0 N–H and O–H groups in total. The number of anilines is 1. The summed E-state index contributed by atoms with van der Waals surface area (Å²) in [6.07, 6.45) is 3.68. The van der Waals surface area contributed by atoms with Crippen LogP contribution in [0.3, 0.4) is 0 Å². The first kappa shape index (κ1) is 23.7. The average molecular weight is 467 g/mol. The molecular formula is C29H26N2O4. The van der Waals surface area contributed by atoms with Gasteiger partial charge in [-0.05, 0) is 30.7 Å². The molecule has 0 spiro atoms. The van der Waals surface area contributed by atoms with Gasteiger partial charge in [-0.15, -0.1) is 0 Å². The molecule has 0 bridgehead atoms. The highest BCUT2D eigenvalue weighted by Crippen LogP contribution is 2.28. The lowest BCUT2D eigenvalue weighted by molar-refractivity contribution is 0.0984. The highest BCUT2D eigenvalue weighted by atomic mass is 16.5. The third-order valence-electron chi connectivity index (χ3n) is 5.58. The van der Waals surface area contributed by atoms with Gasteiger partial charge in [0.25, 0.3) is 0 Å². The van der Waals surface area contributed by atoms with Gasteiger partial charge in [-0.2, -0.15) is 0 Å². The van der Waals surface area contributed by atoms with Gasteiger partial charge in [-0.1, -0.05) is 84.0 Å². The van der Waals surface area contributed by atoms with Gasteiger partial charge in [-0.3, -0.25) is 9.59 Å². The minimum atomic E-state index is -0.0999. The largest absolute Gasteiger partial charge is 0.497 e. The normalized spacial score (nSPS) is 10.9. The molecule has 35 heavy (non-hydrogen) atoms. The van der Waals surface area contributed by atoms with Gasteiger partial charge < -0.3 is 14.2 Å². The zero-order valence-corrected chi connectivity index (χ0v) is 19.7. The van der Waals surface area contributed by atoms with Crippen LogP contribution >= 0.6 is 0 Å². The van der Waals surface area contributed by atoms with Crippen LogP contribution in [-0.2, 0) is 0 Å². The molecule has 4 aromatic rings. The number of methoxy groups -OCH3 is 1. The third kappa shape index (κ3) is 5.92. The van der Waals surface area contributed by atoms with Gasteiger partial charge in [0.2, 0.25) is 0 Å². The van der Waals surface area contributed by atoms with Crippen LogP contribution in [0.5, 0.6) is 5.75 Å². The van der Waals surface area contributed by atoms with Crippen LogP contribution in [0, 0.1) is 6.92 Å². The maximum atomic E-state index is 13.1. The van der Waals surface area contributed by atoms with E-state index >= 15 is 0 Å². The van der Waals surface area contributed by atoms with Crippen molar-refractivity contribution < 1.29 is 18.8 Å². The molecule has 0 atom stereocenters. The number of aryl methyl sites for hydroxylation is 1. The fourth-order valence-electron chi connectivity index (χ4n) is 3.75.